The Bertz CT molecular complexity index is 579. The number of ether oxygens (including phenoxy) is 1. The Balaban J connectivity index is 1.85. The molecule has 0 saturated carbocycles. The first-order valence-electron chi connectivity index (χ1n) is 7.17. The third-order valence-corrected chi connectivity index (χ3v) is 3.20. The number of carbonyl (C=O) groups excluding carboxylic acids is 1. The molecule has 0 saturated heterocycles. The summed E-state index contributed by atoms with van der Waals surface area (Å²) in [4.78, 5) is 11.9. The molecule has 3 heteroatoms. The number of hydrogen-bond acceptors (Lipinski definition) is 2. The number of nitrogens with one attached hydrogen (secondary N) is 1. The maximum Gasteiger partial charge on any atom is 0.250 e. The maximum absolute atomic E-state index is 11.9. The molecule has 0 aliphatic rings. The number of amides is 1. The van der Waals surface area contributed by atoms with Gasteiger partial charge in [0.1, 0.15) is 6.61 Å². The van der Waals surface area contributed by atoms with E-state index in [1.165, 1.54) is 0 Å². The third-order valence-electron chi connectivity index (χ3n) is 3.20. The molecule has 1 amide bonds. The van der Waals surface area contributed by atoms with Crippen molar-refractivity contribution in [2.24, 2.45) is 0 Å². The standard InChI is InChI=1S/C18H21NO2/c1-14(2)16-10-6-7-11-17(16)19-18(20)13-21-12-15-8-4-3-5-9-15/h3-11,14H,12-13H2,1-2H3,(H,19,20). The van der Waals surface area contributed by atoms with E-state index in [1.807, 2.05) is 54.6 Å². The Labute approximate surface area is 126 Å². The van der Waals surface area contributed by atoms with Gasteiger partial charge in [0.15, 0.2) is 0 Å². The van der Waals surface area contributed by atoms with Crippen LogP contribution in [0.4, 0.5) is 5.69 Å². The number of rotatable bonds is 6. The largest absolute Gasteiger partial charge is 0.367 e. The maximum atomic E-state index is 11.9. The van der Waals surface area contributed by atoms with Gasteiger partial charge in [-0.05, 0) is 23.1 Å². The van der Waals surface area contributed by atoms with Crippen molar-refractivity contribution < 1.29 is 9.53 Å². The van der Waals surface area contributed by atoms with Crippen LogP contribution in [0.25, 0.3) is 0 Å². The van der Waals surface area contributed by atoms with E-state index in [0.29, 0.717) is 12.5 Å². The minimum absolute atomic E-state index is 0.0569. The predicted octanol–water partition coefficient (Wildman–Crippen LogP) is 3.97. The van der Waals surface area contributed by atoms with Crippen LogP contribution in [0.2, 0.25) is 0 Å². The van der Waals surface area contributed by atoms with Crippen molar-refractivity contribution in [2.75, 3.05) is 11.9 Å². The molecule has 0 aromatic heterocycles. The molecular formula is C18H21NO2. The van der Waals surface area contributed by atoms with Crippen LogP contribution < -0.4 is 5.32 Å². The van der Waals surface area contributed by atoms with E-state index < -0.39 is 0 Å². The zero-order valence-electron chi connectivity index (χ0n) is 12.5. The van der Waals surface area contributed by atoms with Crippen LogP contribution >= 0.6 is 0 Å². The van der Waals surface area contributed by atoms with Crippen molar-refractivity contribution in [2.45, 2.75) is 26.4 Å². The molecule has 0 unspecified atom stereocenters. The van der Waals surface area contributed by atoms with E-state index in [0.717, 1.165) is 16.8 Å². The summed E-state index contributed by atoms with van der Waals surface area (Å²) in [5.74, 6) is 0.241. The van der Waals surface area contributed by atoms with Crippen molar-refractivity contribution in [3.8, 4) is 0 Å². The topological polar surface area (TPSA) is 38.3 Å². The van der Waals surface area contributed by atoms with E-state index in [9.17, 15) is 4.79 Å². The average molecular weight is 283 g/mol. The van der Waals surface area contributed by atoms with Gasteiger partial charge in [-0.15, -0.1) is 0 Å². The second-order valence-electron chi connectivity index (χ2n) is 5.27. The lowest BCUT2D eigenvalue weighted by atomic mass is 10.0. The molecule has 1 N–H and O–H groups in total. The molecular weight excluding hydrogens is 262 g/mol. The molecule has 2 rings (SSSR count). The van der Waals surface area contributed by atoms with E-state index in [-0.39, 0.29) is 12.5 Å². The number of anilines is 1. The van der Waals surface area contributed by atoms with Crippen molar-refractivity contribution in [3.05, 3.63) is 65.7 Å². The van der Waals surface area contributed by atoms with Gasteiger partial charge in [0.2, 0.25) is 5.91 Å². The highest BCUT2D eigenvalue weighted by Crippen LogP contribution is 2.23. The molecule has 0 aliphatic carbocycles. The number of hydrogen-bond donors (Lipinski definition) is 1. The first kappa shape index (κ1) is 15.3. The average Bonchev–Trinajstić information content (AvgIpc) is 2.48. The van der Waals surface area contributed by atoms with Gasteiger partial charge < -0.3 is 10.1 Å². The van der Waals surface area contributed by atoms with Crippen molar-refractivity contribution >= 4 is 11.6 Å². The van der Waals surface area contributed by atoms with Crippen LogP contribution in [-0.4, -0.2) is 12.5 Å². The Morgan fingerprint density at radius 1 is 1.05 bits per heavy atom. The fraction of sp³-hybridized carbons (Fsp3) is 0.278. The Kier molecular flexibility index (Phi) is 5.52. The van der Waals surface area contributed by atoms with Gasteiger partial charge in [-0.25, -0.2) is 0 Å². The molecule has 0 spiro atoms. The summed E-state index contributed by atoms with van der Waals surface area (Å²) in [6.45, 7) is 4.72. The fourth-order valence-electron chi connectivity index (χ4n) is 2.14. The molecule has 0 heterocycles. The first-order valence-corrected chi connectivity index (χ1v) is 7.17. The minimum Gasteiger partial charge on any atom is -0.367 e. The fourth-order valence-corrected chi connectivity index (χ4v) is 2.14. The van der Waals surface area contributed by atoms with Crippen LogP contribution in [0.3, 0.4) is 0 Å². The number of benzene rings is 2. The summed E-state index contributed by atoms with van der Waals surface area (Å²) in [7, 11) is 0. The molecule has 0 fully saturated rings. The van der Waals surface area contributed by atoms with Crippen molar-refractivity contribution in [1.82, 2.24) is 0 Å². The highest BCUT2D eigenvalue weighted by atomic mass is 16.5. The van der Waals surface area contributed by atoms with E-state index in [1.54, 1.807) is 0 Å². The molecule has 0 aliphatic heterocycles. The Hall–Kier alpha value is -2.13. The SMILES string of the molecule is CC(C)c1ccccc1NC(=O)COCc1ccccc1. The summed E-state index contributed by atoms with van der Waals surface area (Å²) < 4.78 is 5.44. The van der Waals surface area contributed by atoms with Gasteiger partial charge in [0.05, 0.1) is 6.61 Å². The number of para-hydroxylation sites is 1. The zero-order valence-corrected chi connectivity index (χ0v) is 12.5. The van der Waals surface area contributed by atoms with Gasteiger partial charge >= 0.3 is 0 Å². The van der Waals surface area contributed by atoms with E-state index in [4.69, 9.17) is 4.74 Å². The van der Waals surface area contributed by atoms with Crippen LogP contribution in [0.5, 0.6) is 0 Å². The summed E-state index contributed by atoms with van der Waals surface area (Å²) in [5, 5.41) is 2.91. The minimum atomic E-state index is -0.126. The first-order chi connectivity index (χ1) is 10.2. The molecule has 3 nitrogen and oxygen atoms in total. The zero-order chi connectivity index (χ0) is 15.1. The van der Waals surface area contributed by atoms with Gasteiger partial charge in [0, 0.05) is 5.69 Å². The third kappa shape index (κ3) is 4.72. The van der Waals surface area contributed by atoms with Gasteiger partial charge in [-0.2, -0.15) is 0 Å². The van der Waals surface area contributed by atoms with Gasteiger partial charge in [0.25, 0.3) is 0 Å². The normalized spacial score (nSPS) is 10.6. The van der Waals surface area contributed by atoms with Gasteiger partial charge in [-0.3, -0.25) is 4.79 Å². The van der Waals surface area contributed by atoms with Crippen LogP contribution in [0.15, 0.2) is 54.6 Å². The second kappa shape index (κ2) is 7.60. The van der Waals surface area contributed by atoms with E-state index in [2.05, 4.69) is 19.2 Å². The molecule has 2 aromatic carbocycles. The van der Waals surface area contributed by atoms with Gasteiger partial charge in [-0.1, -0.05) is 62.4 Å². The monoisotopic (exact) mass is 283 g/mol. The molecule has 0 atom stereocenters. The Morgan fingerprint density at radius 2 is 1.71 bits per heavy atom. The summed E-state index contributed by atoms with van der Waals surface area (Å²) in [6.07, 6.45) is 0. The molecule has 0 bridgehead atoms. The lowest BCUT2D eigenvalue weighted by Crippen LogP contribution is -2.19. The molecule has 21 heavy (non-hydrogen) atoms. The highest BCUT2D eigenvalue weighted by molar-refractivity contribution is 5.92. The van der Waals surface area contributed by atoms with Crippen molar-refractivity contribution in [3.63, 3.8) is 0 Å². The quantitative estimate of drug-likeness (QED) is 0.871. The number of carbonyl (C=O) groups is 1. The molecule has 0 radical (unpaired) electrons. The predicted molar refractivity (Wildman–Crippen MR) is 85.3 cm³/mol. The Morgan fingerprint density at radius 3 is 2.43 bits per heavy atom. The highest BCUT2D eigenvalue weighted by Gasteiger charge is 2.09. The van der Waals surface area contributed by atoms with E-state index >= 15 is 0 Å². The summed E-state index contributed by atoms with van der Waals surface area (Å²) in [6, 6.07) is 17.7. The summed E-state index contributed by atoms with van der Waals surface area (Å²) >= 11 is 0. The van der Waals surface area contributed by atoms with Crippen LogP contribution in [0.1, 0.15) is 30.9 Å². The summed E-state index contributed by atoms with van der Waals surface area (Å²) in [5.41, 5.74) is 3.06. The second-order valence-corrected chi connectivity index (χ2v) is 5.27. The van der Waals surface area contributed by atoms with Crippen LogP contribution in [-0.2, 0) is 16.1 Å². The molecule has 2 aromatic rings. The lowest BCUT2D eigenvalue weighted by molar-refractivity contribution is -0.121. The smallest absolute Gasteiger partial charge is 0.250 e. The lowest BCUT2D eigenvalue weighted by Gasteiger charge is -2.13. The molecule has 110 valence electrons. The van der Waals surface area contributed by atoms with Crippen molar-refractivity contribution in [1.29, 1.82) is 0 Å². The van der Waals surface area contributed by atoms with Crippen LogP contribution in [0, 0.1) is 0 Å².